The Bertz CT molecular complexity index is 721. The van der Waals surface area contributed by atoms with Crippen LogP contribution in [0.2, 0.25) is 0 Å². The summed E-state index contributed by atoms with van der Waals surface area (Å²) in [6, 6.07) is 9.99. The van der Waals surface area contributed by atoms with Gasteiger partial charge in [0.05, 0.1) is 17.9 Å². The summed E-state index contributed by atoms with van der Waals surface area (Å²) in [5.41, 5.74) is 6.89. The lowest BCUT2D eigenvalue weighted by molar-refractivity contribution is -0.121. The minimum atomic E-state index is -0.484. The van der Waals surface area contributed by atoms with E-state index in [1.54, 1.807) is 23.1 Å². The summed E-state index contributed by atoms with van der Waals surface area (Å²) < 4.78 is 19.8. The number of rotatable bonds is 2. The molecule has 0 saturated heterocycles. The Kier molecular flexibility index (Phi) is 3.55. The summed E-state index contributed by atoms with van der Waals surface area (Å²) in [6.45, 7) is 0.245. The summed E-state index contributed by atoms with van der Waals surface area (Å²) in [5, 5.41) is 0. The fourth-order valence-electron chi connectivity index (χ4n) is 2.20. The van der Waals surface area contributed by atoms with Gasteiger partial charge in [-0.3, -0.25) is 4.79 Å². The Balaban J connectivity index is 1.96. The first-order valence-corrected chi connectivity index (χ1v) is 7.10. The van der Waals surface area contributed by atoms with E-state index in [0.29, 0.717) is 17.0 Å². The van der Waals surface area contributed by atoms with Crippen molar-refractivity contribution in [2.75, 3.05) is 17.2 Å². The number of carbonyl (C=O) groups is 1. The number of fused-ring (bicyclic) bond motifs is 1. The summed E-state index contributed by atoms with van der Waals surface area (Å²) in [5.74, 6) is -0.0192. The predicted molar refractivity (Wildman–Crippen MR) is 81.6 cm³/mol. The number of anilines is 2. The van der Waals surface area contributed by atoms with Gasteiger partial charge in [-0.05, 0) is 35.9 Å². The maximum absolute atomic E-state index is 13.5. The number of benzene rings is 2. The third-order valence-electron chi connectivity index (χ3n) is 3.27. The van der Waals surface area contributed by atoms with Crippen molar-refractivity contribution in [2.45, 2.75) is 6.54 Å². The van der Waals surface area contributed by atoms with Gasteiger partial charge in [0, 0.05) is 4.47 Å². The molecule has 4 nitrogen and oxygen atoms in total. The highest BCUT2D eigenvalue weighted by Crippen LogP contribution is 2.35. The molecule has 2 aromatic rings. The van der Waals surface area contributed by atoms with Crippen LogP contribution in [0.25, 0.3) is 0 Å². The average molecular weight is 351 g/mol. The van der Waals surface area contributed by atoms with Crippen molar-refractivity contribution >= 4 is 33.2 Å². The number of hydrogen-bond acceptors (Lipinski definition) is 3. The van der Waals surface area contributed by atoms with Crippen LogP contribution in [0.3, 0.4) is 0 Å². The Morgan fingerprint density at radius 2 is 2.10 bits per heavy atom. The van der Waals surface area contributed by atoms with Gasteiger partial charge in [0.2, 0.25) is 0 Å². The van der Waals surface area contributed by atoms with Gasteiger partial charge in [-0.25, -0.2) is 4.39 Å². The smallest absolute Gasteiger partial charge is 0.265 e. The largest absolute Gasteiger partial charge is 0.482 e. The number of nitrogens with zero attached hydrogens (tertiary/aromatic N) is 1. The van der Waals surface area contributed by atoms with Gasteiger partial charge in [-0.2, -0.15) is 0 Å². The molecule has 0 saturated carbocycles. The van der Waals surface area contributed by atoms with E-state index in [2.05, 4.69) is 15.9 Å². The normalized spacial score (nSPS) is 13.8. The molecule has 0 fully saturated rings. The van der Waals surface area contributed by atoms with Crippen LogP contribution in [0.4, 0.5) is 15.8 Å². The quantitative estimate of drug-likeness (QED) is 0.846. The minimum absolute atomic E-state index is 0.0217. The zero-order valence-electron chi connectivity index (χ0n) is 11.0. The number of amides is 1. The molecule has 1 amide bonds. The van der Waals surface area contributed by atoms with Crippen LogP contribution in [0.1, 0.15) is 5.56 Å². The second-order valence-corrected chi connectivity index (χ2v) is 5.65. The first-order chi connectivity index (χ1) is 10.0. The molecule has 0 radical (unpaired) electrons. The van der Waals surface area contributed by atoms with Gasteiger partial charge in [0.25, 0.3) is 5.91 Å². The molecule has 1 aliphatic heterocycles. The van der Waals surface area contributed by atoms with Crippen LogP contribution in [-0.4, -0.2) is 12.5 Å². The predicted octanol–water partition coefficient (Wildman–Crippen LogP) is 3.10. The third-order valence-corrected chi connectivity index (χ3v) is 3.76. The van der Waals surface area contributed by atoms with E-state index in [0.717, 1.165) is 4.47 Å². The number of nitrogens with two attached hydrogens (primary N) is 1. The van der Waals surface area contributed by atoms with Crippen LogP contribution in [0.5, 0.6) is 5.75 Å². The van der Waals surface area contributed by atoms with Crippen molar-refractivity contribution in [1.82, 2.24) is 0 Å². The third kappa shape index (κ3) is 2.71. The first-order valence-electron chi connectivity index (χ1n) is 6.31. The van der Waals surface area contributed by atoms with Gasteiger partial charge in [0.1, 0.15) is 11.6 Å². The number of ether oxygens (including phenoxy) is 1. The molecule has 3 rings (SSSR count). The maximum atomic E-state index is 13.5. The van der Waals surface area contributed by atoms with Crippen molar-refractivity contribution in [2.24, 2.45) is 0 Å². The van der Waals surface area contributed by atoms with E-state index >= 15 is 0 Å². The molecule has 1 heterocycles. The molecule has 1 aliphatic rings. The number of halogens is 2. The monoisotopic (exact) mass is 350 g/mol. The zero-order valence-corrected chi connectivity index (χ0v) is 12.6. The van der Waals surface area contributed by atoms with E-state index in [9.17, 15) is 9.18 Å². The van der Waals surface area contributed by atoms with E-state index in [1.165, 1.54) is 12.1 Å². The molecular weight excluding hydrogens is 339 g/mol. The molecule has 108 valence electrons. The van der Waals surface area contributed by atoms with Crippen molar-refractivity contribution in [1.29, 1.82) is 0 Å². The summed E-state index contributed by atoms with van der Waals surface area (Å²) in [7, 11) is 0. The average Bonchev–Trinajstić information content (AvgIpc) is 2.46. The number of carbonyl (C=O) groups excluding carboxylic acids is 1. The molecule has 21 heavy (non-hydrogen) atoms. The van der Waals surface area contributed by atoms with Crippen molar-refractivity contribution in [3.05, 3.63) is 52.3 Å². The molecule has 0 spiro atoms. The number of nitrogen functional groups attached to an aromatic ring is 1. The Morgan fingerprint density at radius 3 is 2.86 bits per heavy atom. The SMILES string of the molecule is Nc1ccc(CN2C(=O)COc3ccc(Br)cc32)cc1F. The van der Waals surface area contributed by atoms with E-state index in [1.807, 2.05) is 6.07 Å². The van der Waals surface area contributed by atoms with Gasteiger partial charge < -0.3 is 15.4 Å². The van der Waals surface area contributed by atoms with Crippen LogP contribution >= 0.6 is 15.9 Å². The van der Waals surface area contributed by atoms with Crippen LogP contribution in [0, 0.1) is 5.82 Å². The van der Waals surface area contributed by atoms with Crippen molar-refractivity contribution < 1.29 is 13.9 Å². The molecule has 6 heteroatoms. The fourth-order valence-corrected chi connectivity index (χ4v) is 2.55. The highest BCUT2D eigenvalue weighted by molar-refractivity contribution is 9.10. The van der Waals surface area contributed by atoms with Crippen molar-refractivity contribution in [3.63, 3.8) is 0 Å². The lowest BCUT2D eigenvalue weighted by Gasteiger charge is -2.29. The second kappa shape index (κ2) is 5.37. The van der Waals surface area contributed by atoms with Crippen molar-refractivity contribution in [3.8, 4) is 5.75 Å². The zero-order chi connectivity index (χ0) is 15.0. The van der Waals surface area contributed by atoms with Gasteiger partial charge in [0.15, 0.2) is 6.61 Å². The van der Waals surface area contributed by atoms with Gasteiger partial charge in [-0.1, -0.05) is 22.0 Å². The molecule has 0 aromatic heterocycles. The molecule has 0 bridgehead atoms. The minimum Gasteiger partial charge on any atom is -0.482 e. The Hall–Kier alpha value is -2.08. The van der Waals surface area contributed by atoms with E-state index in [-0.39, 0.29) is 24.7 Å². The topological polar surface area (TPSA) is 55.6 Å². The van der Waals surface area contributed by atoms with E-state index < -0.39 is 5.82 Å². The molecule has 0 unspecified atom stereocenters. The summed E-state index contributed by atoms with van der Waals surface area (Å²) in [4.78, 5) is 13.7. The molecular formula is C15H12BrFN2O2. The maximum Gasteiger partial charge on any atom is 0.265 e. The molecule has 0 atom stereocenters. The fraction of sp³-hybridized carbons (Fsp3) is 0.133. The summed E-state index contributed by atoms with van der Waals surface area (Å²) in [6.07, 6.45) is 0. The molecule has 2 aromatic carbocycles. The highest BCUT2D eigenvalue weighted by Gasteiger charge is 2.25. The van der Waals surface area contributed by atoms with Crippen LogP contribution in [0.15, 0.2) is 40.9 Å². The van der Waals surface area contributed by atoms with Crippen LogP contribution in [-0.2, 0) is 11.3 Å². The first kappa shape index (κ1) is 13.9. The lowest BCUT2D eigenvalue weighted by atomic mass is 10.1. The van der Waals surface area contributed by atoms with E-state index in [4.69, 9.17) is 10.5 Å². The highest BCUT2D eigenvalue weighted by atomic mass is 79.9. The lowest BCUT2D eigenvalue weighted by Crippen LogP contribution is -2.38. The molecule has 2 N–H and O–H groups in total. The van der Waals surface area contributed by atoms with Crippen LogP contribution < -0.4 is 15.4 Å². The Morgan fingerprint density at radius 1 is 1.29 bits per heavy atom. The standard InChI is InChI=1S/C15H12BrFN2O2/c16-10-2-4-14-13(6-10)19(15(20)8-21-14)7-9-1-3-12(18)11(17)5-9/h1-6H,7-8,18H2. The van der Waals surface area contributed by atoms with Gasteiger partial charge >= 0.3 is 0 Å². The second-order valence-electron chi connectivity index (χ2n) is 4.74. The van der Waals surface area contributed by atoms with Gasteiger partial charge in [-0.15, -0.1) is 0 Å². The Labute approximate surface area is 129 Å². The molecule has 0 aliphatic carbocycles. The number of hydrogen-bond donors (Lipinski definition) is 1. The summed E-state index contributed by atoms with van der Waals surface area (Å²) >= 11 is 3.37.